The van der Waals surface area contributed by atoms with E-state index in [4.69, 9.17) is 0 Å². The predicted octanol–water partition coefficient (Wildman–Crippen LogP) is 5.26. The normalized spacial score (nSPS) is 10.2. The van der Waals surface area contributed by atoms with Gasteiger partial charge in [0, 0.05) is 12.3 Å². The number of carbonyl (C=O) groups is 1. The van der Waals surface area contributed by atoms with Crippen molar-refractivity contribution in [2.24, 2.45) is 0 Å². The summed E-state index contributed by atoms with van der Waals surface area (Å²) in [6, 6.07) is 20.1. The van der Waals surface area contributed by atoms with Crippen LogP contribution in [0.2, 0.25) is 0 Å². The third kappa shape index (κ3) is 7.41. The second-order valence-electron chi connectivity index (χ2n) is 5.45. The van der Waals surface area contributed by atoms with Crippen LogP contribution >= 0.6 is 36.6 Å². The standard InChI is InChI=1S/C20H25NOS.2ClH/c1-3-21(4-2)15-16-23-20(22)19(17-11-7-5-8-12-17)18-13-9-6-10-14-18;;/h5-14,19H,3-4,15-16H2,1-2H3;2*1H. The van der Waals surface area contributed by atoms with Crippen LogP contribution in [-0.2, 0) is 4.79 Å². The Labute approximate surface area is 168 Å². The Balaban J connectivity index is 0.00000288. The maximum absolute atomic E-state index is 12.8. The first-order valence-corrected chi connectivity index (χ1v) is 9.23. The summed E-state index contributed by atoms with van der Waals surface area (Å²) in [5.74, 6) is 0.663. The van der Waals surface area contributed by atoms with Gasteiger partial charge in [0.2, 0.25) is 5.12 Å². The smallest absolute Gasteiger partial charge is 0.200 e. The predicted molar refractivity (Wildman–Crippen MR) is 114 cm³/mol. The fourth-order valence-electron chi connectivity index (χ4n) is 2.65. The summed E-state index contributed by atoms with van der Waals surface area (Å²) in [7, 11) is 0. The Bertz CT molecular complexity index is 552. The maximum atomic E-state index is 12.8. The Morgan fingerprint density at radius 2 is 1.32 bits per heavy atom. The molecule has 0 aliphatic rings. The quantitative estimate of drug-likeness (QED) is 0.603. The number of carbonyl (C=O) groups excluding carboxylic acids is 1. The van der Waals surface area contributed by atoms with E-state index in [9.17, 15) is 4.79 Å². The molecule has 0 N–H and O–H groups in total. The molecule has 2 nitrogen and oxygen atoms in total. The number of thioether (sulfide) groups is 1. The number of nitrogens with zero attached hydrogens (tertiary/aromatic N) is 1. The molecule has 0 unspecified atom stereocenters. The van der Waals surface area contributed by atoms with E-state index < -0.39 is 0 Å². The molecule has 2 aromatic carbocycles. The monoisotopic (exact) mass is 399 g/mol. The molecular formula is C20H27Cl2NOS. The molecule has 25 heavy (non-hydrogen) atoms. The highest BCUT2D eigenvalue weighted by molar-refractivity contribution is 8.13. The van der Waals surface area contributed by atoms with Crippen molar-refractivity contribution in [2.45, 2.75) is 19.8 Å². The van der Waals surface area contributed by atoms with Crippen LogP contribution in [0.15, 0.2) is 60.7 Å². The lowest BCUT2D eigenvalue weighted by Crippen LogP contribution is -2.26. The molecule has 2 aromatic rings. The molecule has 2 rings (SSSR count). The number of hydrogen-bond donors (Lipinski definition) is 0. The molecule has 0 aliphatic carbocycles. The zero-order chi connectivity index (χ0) is 16.5. The fourth-order valence-corrected chi connectivity index (χ4v) is 3.64. The topological polar surface area (TPSA) is 20.3 Å². The zero-order valence-corrected chi connectivity index (χ0v) is 17.2. The molecule has 0 aliphatic heterocycles. The minimum absolute atomic E-state index is 0. The van der Waals surface area contributed by atoms with Crippen LogP contribution in [0.4, 0.5) is 0 Å². The van der Waals surface area contributed by atoms with Gasteiger partial charge in [-0.1, -0.05) is 86.3 Å². The average molecular weight is 400 g/mol. The zero-order valence-electron chi connectivity index (χ0n) is 14.8. The summed E-state index contributed by atoms with van der Waals surface area (Å²) in [4.78, 5) is 15.2. The number of rotatable bonds is 8. The van der Waals surface area contributed by atoms with Crippen molar-refractivity contribution in [3.8, 4) is 0 Å². The van der Waals surface area contributed by atoms with E-state index in [2.05, 4.69) is 18.7 Å². The highest BCUT2D eigenvalue weighted by Crippen LogP contribution is 2.29. The Kier molecular flexibility index (Phi) is 12.7. The molecule has 0 saturated heterocycles. The lowest BCUT2D eigenvalue weighted by Gasteiger charge is -2.19. The molecule has 0 amide bonds. The highest BCUT2D eigenvalue weighted by atomic mass is 35.5. The first-order chi connectivity index (χ1) is 11.3. The van der Waals surface area contributed by atoms with Gasteiger partial charge >= 0.3 is 0 Å². The van der Waals surface area contributed by atoms with Crippen molar-refractivity contribution < 1.29 is 4.79 Å². The minimum atomic E-state index is -0.181. The van der Waals surface area contributed by atoms with E-state index in [1.807, 2.05) is 60.7 Å². The number of benzene rings is 2. The summed E-state index contributed by atoms with van der Waals surface area (Å²) < 4.78 is 0. The molecule has 5 heteroatoms. The largest absolute Gasteiger partial charge is 0.303 e. The van der Waals surface area contributed by atoms with E-state index in [0.29, 0.717) is 0 Å². The van der Waals surface area contributed by atoms with Crippen LogP contribution in [0.3, 0.4) is 0 Å². The van der Waals surface area contributed by atoms with Gasteiger partial charge in [-0.3, -0.25) is 4.79 Å². The summed E-state index contributed by atoms with van der Waals surface area (Å²) in [5.41, 5.74) is 2.14. The van der Waals surface area contributed by atoms with Crippen LogP contribution in [-0.4, -0.2) is 35.4 Å². The first kappa shape index (κ1) is 24.0. The number of hydrogen-bond acceptors (Lipinski definition) is 3. The summed E-state index contributed by atoms with van der Waals surface area (Å²) in [6.07, 6.45) is 0. The fraction of sp³-hybridized carbons (Fsp3) is 0.350. The molecule has 138 valence electrons. The van der Waals surface area contributed by atoms with Gasteiger partial charge in [-0.25, -0.2) is 0 Å². The van der Waals surface area contributed by atoms with E-state index in [1.165, 1.54) is 11.8 Å². The summed E-state index contributed by atoms with van der Waals surface area (Å²) >= 11 is 1.45. The third-order valence-corrected chi connectivity index (χ3v) is 4.95. The van der Waals surface area contributed by atoms with Gasteiger partial charge in [-0.05, 0) is 24.2 Å². The van der Waals surface area contributed by atoms with Crippen molar-refractivity contribution in [2.75, 3.05) is 25.4 Å². The second kappa shape index (κ2) is 13.2. The van der Waals surface area contributed by atoms with Crippen LogP contribution in [0.1, 0.15) is 30.9 Å². The Morgan fingerprint density at radius 1 is 0.880 bits per heavy atom. The molecule has 0 bridgehead atoms. The van der Waals surface area contributed by atoms with Gasteiger partial charge in [0.1, 0.15) is 0 Å². The van der Waals surface area contributed by atoms with E-state index in [1.54, 1.807) is 0 Å². The van der Waals surface area contributed by atoms with Crippen molar-refractivity contribution in [1.82, 2.24) is 4.90 Å². The highest BCUT2D eigenvalue weighted by Gasteiger charge is 2.22. The van der Waals surface area contributed by atoms with Gasteiger partial charge < -0.3 is 4.90 Å². The van der Waals surface area contributed by atoms with Crippen molar-refractivity contribution in [3.63, 3.8) is 0 Å². The van der Waals surface area contributed by atoms with Gasteiger partial charge in [0.25, 0.3) is 0 Å². The minimum Gasteiger partial charge on any atom is -0.303 e. The lowest BCUT2D eigenvalue weighted by molar-refractivity contribution is -0.111. The summed E-state index contributed by atoms with van der Waals surface area (Å²) in [5, 5.41) is 0.231. The number of halogens is 2. The molecule has 0 radical (unpaired) electrons. The van der Waals surface area contributed by atoms with E-state index >= 15 is 0 Å². The molecular weight excluding hydrogens is 373 g/mol. The molecule has 0 spiro atoms. The van der Waals surface area contributed by atoms with Crippen molar-refractivity contribution in [1.29, 1.82) is 0 Å². The van der Waals surface area contributed by atoms with Crippen LogP contribution in [0.25, 0.3) is 0 Å². The second-order valence-corrected chi connectivity index (χ2v) is 6.55. The Hall–Kier alpha value is -1.000. The average Bonchev–Trinajstić information content (AvgIpc) is 2.61. The summed E-state index contributed by atoms with van der Waals surface area (Å²) in [6.45, 7) is 7.34. The molecule has 0 saturated carbocycles. The van der Waals surface area contributed by atoms with Gasteiger partial charge in [0.05, 0.1) is 5.92 Å². The van der Waals surface area contributed by atoms with E-state index in [-0.39, 0.29) is 35.8 Å². The third-order valence-electron chi connectivity index (χ3n) is 4.05. The van der Waals surface area contributed by atoms with Crippen LogP contribution in [0.5, 0.6) is 0 Å². The van der Waals surface area contributed by atoms with Gasteiger partial charge in [-0.15, -0.1) is 24.8 Å². The molecule has 0 heterocycles. The molecule has 0 fully saturated rings. The van der Waals surface area contributed by atoms with Gasteiger partial charge in [-0.2, -0.15) is 0 Å². The van der Waals surface area contributed by atoms with Crippen LogP contribution < -0.4 is 0 Å². The maximum Gasteiger partial charge on any atom is 0.200 e. The Morgan fingerprint density at radius 3 is 1.72 bits per heavy atom. The molecule has 0 atom stereocenters. The van der Waals surface area contributed by atoms with Gasteiger partial charge in [0.15, 0.2) is 0 Å². The van der Waals surface area contributed by atoms with Crippen LogP contribution in [0, 0.1) is 0 Å². The van der Waals surface area contributed by atoms with E-state index in [0.717, 1.165) is 36.5 Å². The molecule has 0 aromatic heterocycles. The SMILES string of the molecule is CCN(CC)CCSC(=O)C(c1ccccc1)c1ccccc1.Cl.Cl. The first-order valence-electron chi connectivity index (χ1n) is 8.25. The lowest BCUT2D eigenvalue weighted by atomic mass is 9.92. The van der Waals surface area contributed by atoms with Crippen molar-refractivity contribution >= 4 is 41.7 Å². The van der Waals surface area contributed by atoms with Crippen molar-refractivity contribution in [3.05, 3.63) is 71.8 Å².